The molecule has 2 N–H and O–H groups in total. The van der Waals surface area contributed by atoms with Crippen LogP contribution in [0.25, 0.3) is 5.78 Å². The Balaban J connectivity index is 1.82. The zero-order chi connectivity index (χ0) is 11.2. The molecule has 0 amide bonds. The second-order valence-corrected chi connectivity index (χ2v) is 5.49. The van der Waals surface area contributed by atoms with Crippen LogP contribution in [-0.2, 0) is 6.42 Å². The molecule has 4 nitrogen and oxygen atoms in total. The Bertz CT molecular complexity index is 530. The summed E-state index contributed by atoms with van der Waals surface area (Å²) in [5, 5.41) is 0. The highest BCUT2D eigenvalue weighted by Crippen LogP contribution is 2.36. The molecule has 0 bridgehead atoms. The minimum Gasteiger partial charge on any atom is -0.325 e. The number of nitrogens with zero attached hydrogens (tertiary/aromatic N) is 3. The molecule has 2 heterocycles. The molecular weight excluding hydrogens is 268 g/mol. The highest BCUT2D eigenvalue weighted by Gasteiger charge is 2.37. The van der Waals surface area contributed by atoms with Gasteiger partial charge in [-0.3, -0.25) is 4.40 Å². The van der Waals surface area contributed by atoms with Crippen LogP contribution in [0, 0.1) is 0 Å². The van der Waals surface area contributed by atoms with Crippen molar-refractivity contribution < 1.29 is 0 Å². The summed E-state index contributed by atoms with van der Waals surface area (Å²) in [6, 6.07) is 0. The largest absolute Gasteiger partial charge is 0.325 e. The van der Waals surface area contributed by atoms with Crippen molar-refractivity contribution in [2.75, 3.05) is 0 Å². The second-order valence-electron chi connectivity index (χ2n) is 4.57. The molecule has 1 saturated carbocycles. The molecule has 0 aromatic carbocycles. The quantitative estimate of drug-likeness (QED) is 0.935. The molecule has 1 fully saturated rings. The lowest BCUT2D eigenvalue weighted by atomic mass is 10.1. The first kappa shape index (κ1) is 10.2. The van der Waals surface area contributed by atoms with Crippen LogP contribution in [0.2, 0.25) is 0 Å². The number of imidazole rings is 1. The number of aryl methyl sites for hydroxylation is 1. The predicted molar refractivity (Wildman–Crippen MR) is 65.2 cm³/mol. The Morgan fingerprint density at radius 3 is 3.00 bits per heavy atom. The third-order valence-electron chi connectivity index (χ3n) is 3.10. The van der Waals surface area contributed by atoms with Crippen LogP contribution < -0.4 is 5.73 Å². The van der Waals surface area contributed by atoms with Crippen molar-refractivity contribution in [3.8, 4) is 0 Å². The minimum atomic E-state index is 0.101. The molecule has 0 aliphatic heterocycles. The fraction of sp³-hybridized carbons (Fsp3) is 0.455. The molecule has 0 atom stereocenters. The van der Waals surface area contributed by atoms with Crippen LogP contribution in [0.4, 0.5) is 0 Å². The first-order valence-electron chi connectivity index (χ1n) is 5.43. The smallest absolute Gasteiger partial charge is 0.233 e. The summed E-state index contributed by atoms with van der Waals surface area (Å²) in [5.74, 6) is 0.750. The van der Waals surface area contributed by atoms with Crippen LogP contribution in [0.15, 0.2) is 23.1 Å². The van der Waals surface area contributed by atoms with E-state index in [9.17, 15) is 0 Å². The monoisotopic (exact) mass is 280 g/mol. The topological polar surface area (TPSA) is 56.2 Å². The molecule has 84 valence electrons. The van der Waals surface area contributed by atoms with Crippen LogP contribution in [0.3, 0.4) is 0 Å². The van der Waals surface area contributed by atoms with Crippen molar-refractivity contribution in [1.29, 1.82) is 0 Å². The number of nitrogens with two attached hydrogens (primary N) is 1. The fourth-order valence-electron chi connectivity index (χ4n) is 1.82. The Morgan fingerprint density at radius 2 is 2.25 bits per heavy atom. The van der Waals surface area contributed by atoms with Crippen molar-refractivity contribution in [2.24, 2.45) is 5.73 Å². The number of rotatable bonds is 3. The maximum absolute atomic E-state index is 6.06. The molecule has 2 aromatic heterocycles. The predicted octanol–water partition coefficient (Wildman–Crippen LogP) is 1.92. The number of halogens is 1. The summed E-state index contributed by atoms with van der Waals surface area (Å²) >= 11 is 3.39. The van der Waals surface area contributed by atoms with E-state index in [0.29, 0.717) is 0 Å². The molecule has 1 aliphatic carbocycles. The van der Waals surface area contributed by atoms with Gasteiger partial charge >= 0.3 is 0 Å². The van der Waals surface area contributed by atoms with Gasteiger partial charge in [-0.05, 0) is 41.6 Å². The maximum atomic E-state index is 6.06. The van der Waals surface area contributed by atoms with Crippen LogP contribution in [-0.4, -0.2) is 19.9 Å². The van der Waals surface area contributed by atoms with Gasteiger partial charge in [-0.2, -0.15) is 0 Å². The summed E-state index contributed by atoms with van der Waals surface area (Å²) in [6.07, 6.45) is 10.0. The van der Waals surface area contributed by atoms with Gasteiger partial charge in [-0.1, -0.05) is 0 Å². The normalized spacial score (nSPS) is 17.9. The summed E-state index contributed by atoms with van der Waals surface area (Å²) in [6.45, 7) is 0. The number of hydrogen-bond acceptors (Lipinski definition) is 3. The molecule has 1 aliphatic rings. The van der Waals surface area contributed by atoms with Crippen molar-refractivity contribution in [1.82, 2.24) is 14.4 Å². The van der Waals surface area contributed by atoms with Gasteiger partial charge in [0.25, 0.3) is 0 Å². The first-order valence-corrected chi connectivity index (χ1v) is 6.22. The van der Waals surface area contributed by atoms with Gasteiger partial charge in [0.1, 0.15) is 0 Å². The second kappa shape index (κ2) is 3.53. The Kier molecular flexibility index (Phi) is 2.26. The van der Waals surface area contributed by atoms with Crippen LogP contribution in [0.5, 0.6) is 0 Å². The first-order chi connectivity index (χ1) is 7.65. The molecule has 3 rings (SSSR count). The molecule has 0 spiro atoms. The zero-order valence-corrected chi connectivity index (χ0v) is 10.4. The van der Waals surface area contributed by atoms with Crippen molar-refractivity contribution in [3.05, 3.63) is 28.8 Å². The maximum Gasteiger partial charge on any atom is 0.233 e. The fourth-order valence-corrected chi connectivity index (χ4v) is 2.14. The van der Waals surface area contributed by atoms with Crippen LogP contribution in [0.1, 0.15) is 25.0 Å². The lowest BCUT2D eigenvalue weighted by molar-refractivity contribution is 0.604. The van der Waals surface area contributed by atoms with E-state index in [0.717, 1.165) is 41.6 Å². The van der Waals surface area contributed by atoms with Gasteiger partial charge in [0.2, 0.25) is 5.78 Å². The van der Waals surface area contributed by atoms with E-state index in [1.165, 1.54) is 0 Å². The van der Waals surface area contributed by atoms with E-state index in [1.807, 2.05) is 16.8 Å². The van der Waals surface area contributed by atoms with Gasteiger partial charge in [0.05, 0.1) is 10.2 Å². The van der Waals surface area contributed by atoms with E-state index >= 15 is 0 Å². The van der Waals surface area contributed by atoms with E-state index in [2.05, 4.69) is 25.9 Å². The molecule has 2 aromatic rings. The van der Waals surface area contributed by atoms with Crippen molar-refractivity contribution >= 4 is 21.7 Å². The van der Waals surface area contributed by atoms with Gasteiger partial charge in [-0.15, -0.1) is 0 Å². The third-order valence-corrected chi connectivity index (χ3v) is 3.51. The highest BCUT2D eigenvalue weighted by atomic mass is 79.9. The van der Waals surface area contributed by atoms with E-state index in [4.69, 9.17) is 5.73 Å². The number of hydrogen-bond donors (Lipinski definition) is 1. The van der Waals surface area contributed by atoms with Gasteiger partial charge < -0.3 is 5.73 Å². The average Bonchev–Trinajstić information content (AvgIpc) is 2.85. The minimum absolute atomic E-state index is 0.101. The Labute approximate surface area is 102 Å². The van der Waals surface area contributed by atoms with E-state index < -0.39 is 0 Å². The molecule has 16 heavy (non-hydrogen) atoms. The van der Waals surface area contributed by atoms with Gasteiger partial charge in [-0.25, -0.2) is 9.97 Å². The lowest BCUT2D eigenvalue weighted by Crippen LogP contribution is -2.22. The zero-order valence-electron chi connectivity index (χ0n) is 8.86. The number of aromatic nitrogens is 3. The lowest BCUT2D eigenvalue weighted by Gasteiger charge is -2.04. The molecule has 5 heteroatoms. The molecule has 0 radical (unpaired) electrons. The summed E-state index contributed by atoms with van der Waals surface area (Å²) in [7, 11) is 0. The molecule has 0 unspecified atom stereocenters. The van der Waals surface area contributed by atoms with Gasteiger partial charge in [0.15, 0.2) is 0 Å². The third kappa shape index (κ3) is 1.97. The average molecular weight is 281 g/mol. The molecule has 0 saturated heterocycles. The Hall–Kier alpha value is -0.940. The summed E-state index contributed by atoms with van der Waals surface area (Å²) < 4.78 is 2.90. The van der Waals surface area contributed by atoms with Crippen LogP contribution >= 0.6 is 15.9 Å². The number of fused-ring (bicyclic) bond motifs is 1. The Morgan fingerprint density at radius 1 is 1.44 bits per heavy atom. The van der Waals surface area contributed by atoms with Gasteiger partial charge in [0, 0.05) is 24.1 Å². The van der Waals surface area contributed by atoms with Crippen molar-refractivity contribution in [3.63, 3.8) is 0 Å². The summed E-state index contributed by atoms with van der Waals surface area (Å²) in [5.41, 5.74) is 7.23. The van der Waals surface area contributed by atoms with E-state index in [1.54, 1.807) is 6.20 Å². The molecular formula is C11H13BrN4. The van der Waals surface area contributed by atoms with E-state index in [-0.39, 0.29) is 5.54 Å². The SMILES string of the molecule is NC1(CCc2cn3cc(Br)cnc3n2)CC1. The standard InChI is InChI=1S/C11H13BrN4/c12-8-5-14-10-15-9(7-16(10)6-8)1-2-11(13)3-4-11/h5-7H,1-4,13H2. The highest BCUT2D eigenvalue weighted by molar-refractivity contribution is 9.10. The van der Waals surface area contributed by atoms with Crippen molar-refractivity contribution in [2.45, 2.75) is 31.2 Å². The summed E-state index contributed by atoms with van der Waals surface area (Å²) in [4.78, 5) is 8.70.